The van der Waals surface area contributed by atoms with E-state index in [1.54, 1.807) is 11.0 Å². The average molecular weight is 312 g/mol. The number of nitrogens with zero attached hydrogens (tertiary/aromatic N) is 6. The van der Waals surface area contributed by atoms with Crippen molar-refractivity contribution in [2.75, 3.05) is 0 Å². The lowest BCUT2D eigenvalue weighted by molar-refractivity contribution is -0.121. The molecule has 0 aliphatic heterocycles. The number of nitrogens with one attached hydrogen (secondary N) is 2. The molecule has 0 spiro atoms. The largest absolute Gasteiger partial charge is 0.352 e. The fourth-order valence-corrected chi connectivity index (χ4v) is 2.14. The van der Waals surface area contributed by atoms with Gasteiger partial charge in [0, 0.05) is 25.1 Å². The smallest absolute Gasteiger partial charge is 0.220 e. The Morgan fingerprint density at radius 1 is 1.35 bits per heavy atom. The maximum absolute atomic E-state index is 11.9. The minimum atomic E-state index is 0.00933. The van der Waals surface area contributed by atoms with Crippen LogP contribution in [0.15, 0.2) is 36.9 Å². The topological polar surface area (TPSA) is 114 Å². The predicted molar refractivity (Wildman–Crippen MR) is 80.7 cm³/mol. The number of aromatic nitrogens is 7. The van der Waals surface area contributed by atoms with Gasteiger partial charge in [-0.05, 0) is 23.3 Å². The van der Waals surface area contributed by atoms with Gasteiger partial charge in [-0.1, -0.05) is 18.2 Å². The van der Waals surface area contributed by atoms with Gasteiger partial charge in [0.15, 0.2) is 0 Å². The van der Waals surface area contributed by atoms with E-state index in [0.29, 0.717) is 25.3 Å². The van der Waals surface area contributed by atoms with Crippen LogP contribution in [0.4, 0.5) is 0 Å². The SMILES string of the molecule is O=C(CCCn1cncn1)NCc1cccc(-c2nn[nH]n2)c1. The molecule has 0 fully saturated rings. The second-order valence-electron chi connectivity index (χ2n) is 4.97. The lowest BCUT2D eigenvalue weighted by atomic mass is 10.1. The Bertz CT molecular complexity index is 738. The molecular formula is C14H16N8O. The summed E-state index contributed by atoms with van der Waals surface area (Å²) in [6.45, 7) is 1.15. The minimum Gasteiger partial charge on any atom is -0.352 e. The third-order valence-corrected chi connectivity index (χ3v) is 3.28. The Hall–Kier alpha value is -3.10. The zero-order chi connectivity index (χ0) is 15.9. The van der Waals surface area contributed by atoms with Crippen molar-refractivity contribution in [3.05, 3.63) is 42.5 Å². The Kier molecular flexibility index (Phi) is 4.67. The van der Waals surface area contributed by atoms with E-state index in [0.717, 1.165) is 17.5 Å². The van der Waals surface area contributed by atoms with Gasteiger partial charge in [-0.2, -0.15) is 10.3 Å². The first-order valence-electron chi connectivity index (χ1n) is 7.23. The Morgan fingerprint density at radius 3 is 3.09 bits per heavy atom. The number of tetrazole rings is 1. The molecule has 0 aliphatic rings. The number of aromatic amines is 1. The van der Waals surface area contributed by atoms with Crippen molar-refractivity contribution in [3.8, 4) is 11.4 Å². The summed E-state index contributed by atoms with van der Waals surface area (Å²) in [4.78, 5) is 15.7. The number of H-pyrrole nitrogens is 1. The second-order valence-corrected chi connectivity index (χ2v) is 4.97. The van der Waals surface area contributed by atoms with Crippen LogP contribution in [0.3, 0.4) is 0 Å². The first-order valence-corrected chi connectivity index (χ1v) is 7.23. The Morgan fingerprint density at radius 2 is 2.30 bits per heavy atom. The van der Waals surface area contributed by atoms with Crippen molar-refractivity contribution < 1.29 is 4.79 Å². The quantitative estimate of drug-likeness (QED) is 0.658. The Labute approximate surface area is 132 Å². The minimum absolute atomic E-state index is 0.00933. The van der Waals surface area contributed by atoms with Crippen molar-refractivity contribution in [1.82, 2.24) is 40.7 Å². The molecule has 118 valence electrons. The summed E-state index contributed by atoms with van der Waals surface area (Å²) in [5.41, 5.74) is 1.84. The van der Waals surface area contributed by atoms with Crippen molar-refractivity contribution in [1.29, 1.82) is 0 Å². The summed E-state index contributed by atoms with van der Waals surface area (Å²) in [5.74, 6) is 0.543. The highest BCUT2D eigenvalue weighted by atomic mass is 16.1. The van der Waals surface area contributed by atoms with Gasteiger partial charge in [0.1, 0.15) is 12.7 Å². The van der Waals surface area contributed by atoms with Gasteiger partial charge < -0.3 is 5.32 Å². The van der Waals surface area contributed by atoms with E-state index >= 15 is 0 Å². The third kappa shape index (κ3) is 4.19. The maximum atomic E-state index is 11.9. The number of aryl methyl sites for hydroxylation is 1. The number of hydrogen-bond acceptors (Lipinski definition) is 6. The van der Waals surface area contributed by atoms with Gasteiger partial charge in [0.05, 0.1) is 0 Å². The van der Waals surface area contributed by atoms with Crippen molar-refractivity contribution in [2.24, 2.45) is 0 Å². The highest BCUT2D eigenvalue weighted by Crippen LogP contribution is 2.14. The normalized spacial score (nSPS) is 10.6. The number of amides is 1. The van der Waals surface area contributed by atoms with Gasteiger partial charge in [0.25, 0.3) is 0 Å². The summed E-state index contributed by atoms with van der Waals surface area (Å²) in [6, 6.07) is 7.67. The van der Waals surface area contributed by atoms with E-state index in [4.69, 9.17) is 0 Å². The molecular weight excluding hydrogens is 296 g/mol. The summed E-state index contributed by atoms with van der Waals surface area (Å²) < 4.78 is 1.71. The van der Waals surface area contributed by atoms with Crippen molar-refractivity contribution in [3.63, 3.8) is 0 Å². The molecule has 2 heterocycles. The maximum Gasteiger partial charge on any atom is 0.220 e. The number of benzene rings is 1. The monoisotopic (exact) mass is 312 g/mol. The molecule has 2 aromatic heterocycles. The molecule has 0 saturated heterocycles. The molecule has 0 aliphatic carbocycles. The molecule has 9 heteroatoms. The van der Waals surface area contributed by atoms with E-state index in [9.17, 15) is 4.79 Å². The third-order valence-electron chi connectivity index (χ3n) is 3.28. The number of carbonyl (C=O) groups excluding carboxylic acids is 1. The molecule has 2 N–H and O–H groups in total. The van der Waals surface area contributed by atoms with Crippen LogP contribution in [0.2, 0.25) is 0 Å². The van der Waals surface area contributed by atoms with Crippen LogP contribution in [0.5, 0.6) is 0 Å². The number of carbonyl (C=O) groups is 1. The molecule has 3 aromatic rings. The van der Waals surface area contributed by atoms with Crippen molar-refractivity contribution in [2.45, 2.75) is 25.9 Å². The van der Waals surface area contributed by atoms with E-state index in [-0.39, 0.29) is 5.91 Å². The van der Waals surface area contributed by atoms with Gasteiger partial charge >= 0.3 is 0 Å². The van der Waals surface area contributed by atoms with Crippen LogP contribution in [0.1, 0.15) is 18.4 Å². The fraction of sp³-hybridized carbons (Fsp3) is 0.286. The summed E-state index contributed by atoms with van der Waals surface area (Å²) in [5, 5.41) is 20.7. The molecule has 9 nitrogen and oxygen atoms in total. The van der Waals surface area contributed by atoms with Crippen LogP contribution in [-0.4, -0.2) is 41.3 Å². The van der Waals surface area contributed by atoms with Crippen LogP contribution >= 0.6 is 0 Å². The standard InChI is InChI=1S/C14H16N8O/c23-13(5-2-6-22-10-15-9-17-22)16-8-11-3-1-4-12(7-11)14-18-20-21-19-14/h1,3-4,7,9-10H,2,5-6,8H2,(H,16,23)(H,18,19,20,21). The molecule has 0 saturated carbocycles. The lowest BCUT2D eigenvalue weighted by Crippen LogP contribution is -2.22. The highest BCUT2D eigenvalue weighted by Gasteiger charge is 2.05. The van der Waals surface area contributed by atoms with E-state index in [1.807, 2.05) is 24.3 Å². The van der Waals surface area contributed by atoms with Crippen LogP contribution in [-0.2, 0) is 17.9 Å². The van der Waals surface area contributed by atoms with Crippen LogP contribution < -0.4 is 5.32 Å². The van der Waals surface area contributed by atoms with Gasteiger partial charge in [-0.3, -0.25) is 9.48 Å². The lowest BCUT2D eigenvalue weighted by Gasteiger charge is -2.06. The average Bonchev–Trinajstić information content (AvgIpc) is 3.27. The first kappa shape index (κ1) is 14.8. The molecule has 1 amide bonds. The summed E-state index contributed by atoms with van der Waals surface area (Å²) in [6.07, 6.45) is 4.29. The molecule has 0 bridgehead atoms. The molecule has 23 heavy (non-hydrogen) atoms. The van der Waals surface area contributed by atoms with E-state index in [2.05, 4.69) is 36.0 Å². The van der Waals surface area contributed by atoms with Crippen LogP contribution in [0.25, 0.3) is 11.4 Å². The molecule has 3 rings (SSSR count). The molecule has 0 atom stereocenters. The zero-order valence-corrected chi connectivity index (χ0v) is 12.4. The zero-order valence-electron chi connectivity index (χ0n) is 12.4. The molecule has 1 aromatic carbocycles. The summed E-state index contributed by atoms with van der Waals surface area (Å²) in [7, 11) is 0. The van der Waals surface area contributed by atoms with Gasteiger partial charge in [0.2, 0.25) is 11.7 Å². The predicted octanol–water partition coefficient (Wildman–Crippen LogP) is 0.555. The Balaban J connectivity index is 1.46. The van der Waals surface area contributed by atoms with Crippen LogP contribution in [0, 0.1) is 0 Å². The van der Waals surface area contributed by atoms with Gasteiger partial charge in [-0.15, -0.1) is 10.2 Å². The number of hydrogen-bond donors (Lipinski definition) is 2. The molecule has 0 radical (unpaired) electrons. The summed E-state index contributed by atoms with van der Waals surface area (Å²) >= 11 is 0. The van der Waals surface area contributed by atoms with E-state index < -0.39 is 0 Å². The van der Waals surface area contributed by atoms with Crippen molar-refractivity contribution >= 4 is 5.91 Å². The van der Waals surface area contributed by atoms with Gasteiger partial charge in [-0.25, -0.2) is 4.98 Å². The number of rotatable bonds is 7. The fourth-order valence-electron chi connectivity index (χ4n) is 2.14. The molecule has 0 unspecified atom stereocenters. The van der Waals surface area contributed by atoms with E-state index in [1.165, 1.54) is 6.33 Å². The second kappa shape index (κ2) is 7.25. The first-order chi connectivity index (χ1) is 11.3. The highest BCUT2D eigenvalue weighted by molar-refractivity contribution is 5.75.